The molecule has 0 fully saturated rings. The molecule has 0 aliphatic carbocycles. The molecule has 0 saturated heterocycles. The van der Waals surface area contributed by atoms with E-state index in [1.54, 1.807) is 24.9 Å². The van der Waals surface area contributed by atoms with Gasteiger partial charge in [0.25, 0.3) is 5.91 Å². The first-order valence-corrected chi connectivity index (χ1v) is 9.48. The molecule has 0 unspecified atom stereocenters. The molecule has 0 saturated carbocycles. The molecule has 0 atom stereocenters. The molecular weight excluding hydrogens is 388 g/mol. The highest BCUT2D eigenvalue weighted by Gasteiger charge is 2.20. The van der Waals surface area contributed by atoms with Crippen molar-refractivity contribution in [2.45, 2.75) is 13.5 Å². The molecule has 146 valence electrons. The molecule has 4 rings (SSSR count). The Morgan fingerprint density at radius 3 is 2.52 bits per heavy atom. The minimum atomic E-state index is -0.236. The number of nitrogens with zero attached hydrogens (tertiary/aromatic N) is 4. The number of aromatic nitrogens is 3. The van der Waals surface area contributed by atoms with Crippen molar-refractivity contribution in [3.05, 3.63) is 88.9 Å². The fourth-order valence-electron chi connectivity index (χ4n) is 3.07. The van der Waals surface area contributed by atoms with E-state index in [1.807, 2.05) is 65.5 Å². The summed E-state index contributed by atoms with van der Waals surface area (Å²) in [6, 6.07) is 19.0. The third-order valence-electron chi connectivity index (χ3n) is 4.52. The molecule has 0 aliphatic heterocycles. The van der Waals surface area contributed by atoms with Crippen molar-refractivity contribution in [1.82, 2.24) is 19.8 Å². The van der Waals surface area contributed by atoms with Gasteiger partial charge in [0.05, 0.1) is 17.1 Å². The summed E-state index contributed by atoms with van der Waals surface area (Å²) < 4.78 is 6.93. The maximum Gasteiger partial charge on any atom is 0.292 e. The van der Waals surface area contributed by atoms with Gasteiger partial charge in [0.15, 0.2) is 0 Å². The SMILES string of the molecule is Cc1cc(C(=O)N(C)Cc2cn(-c3ccccc3)nc2-c2ccc(Cl)cc2)on1. The van der Waals surface area contributed by atoms with Crippen LogP contribution in [0.5, 0.6) is 0 Å². The highest BCUT2D eigenvalue weighted by Crippen LogP contribution is 2.26. The maximum absolute atomic E-state index is 12.7. The Morgan fingerprint density at radius 1 is 1.14 bits per heavy atom. The van der Waals surface area contributed by atoms with Gasteiger partial charge in [-0.05, 0) is 31.2 Å². The standard InChI is InChI=1S/C22H19ClN4O2/c1-15-12-20(29-25-15)22(28)26(2)13-17-14-27(19-6-4-3-5-7-19)24-21(17)16-8-10-18(23)11-9-16/h3-12,14H,13H2,1-2H3. The van der Waals surface area contributed by atoms with Gasteiger partial charge in [-0.2, -0.15) is 5.10 Å². The van der Waals surface area contributed by atoms with E-state index < -0.39 is 0 Å². The molecule has 2 heterocycles. The van der Waals surface area contributed by atoms with Crippen LogP contribution in [0.4, 0.5) is 0 Å². The van der Waals surface area contributed by atoms with Crippen molar-refractivity contribution in [2.75, 3.05) is 7.05 Å². The van der Waals surface area contributed by atoms with Gasteiger partial charge in [-0.15, -0.1) is 0 Å². The Morgan fingerprint density at radius 2 is 1.86 bits per heavy atom. The number of halogens is 1. The number of carbonyl (C=O) groups is 1. The zero-order valence-electron chi connectivity index (χ0n) is 16.0. The Kier molecular flexibility index (Phi) is 5.18. The number of benzene rings is 2. The molecule has 0 bridgehead atoms. The number of carbonyl (C=O) groups excluding carboxylic acids is 1. The quantitative estimate of drug-likeness (QED) is 0.479. The van der Waals surface area contributed by atoms with Crippen LogP contribution >= 0.6 is 11.6 Å². The third kappa shape index (κ3) is 4.07. The van der Waals surface area contributed by atoms with E-state index in [-0.39, 0.29) is 11.7 Å². The lowest BCUT2D eigenvalue weighted by Gasteiger charge is -2.15. The molecule has 2 aromatic carbocycles. The average molecular weight is 407 g/mol. The second-order valence-electron chi connectivity index (χ2n) is 6.78. The largest absolute Gasteiger partial charge is 0.351 e. The highest BCUT2D eigenvalue weighted by molar-refractivity contribution is 6.30. The summed E-state index contributed by atoms with van der Waals surface area (Å²) in [7, 11) is 1.73. The normalized spacial score (nSPS) is 10.9. The summed E-state index contributed by atoms with van der Waals surface area (Å²) in [5.74, 6) is -0.0198. The molecule has 1 amide bonds. The van der Waals surface area contributed by atoms with Crippen molar-refractivity contribution in [3.63, 3.8) is 0 Å². The first kappa shape index (κ1) is 19.0. The van der Waals surface area contributed by atoms with E-state index >= 15 is 0 Å². The summed E-state index contributed by atoms with van der Waals surface area (Å²) in [6.45, 7) is 2.15. The van der Waals surface area contributed by atoms with Gasteiger partial charge in [-0.25, -0.2) is 4.68 Å². The number of rotatable bonds is 5. The second-order valence-corrected chi connectivity index (χ2v) is 7.22. The van der Waals surface area contributed by atoms with Gasteiger partial charge in [-0.3, -0.25) is 4.79 Å². The molecule has 7 heteroatoms. The van der Waals surface area contributed by atoms with Crippen LogP contribution in [0.1, 0.15) is 21.8 Å². The van der Waals surface area contributed by atoms with Crippen LogP contribution in [0.3, 0.4) is 0 Å². The molecule has 4 aromatic rings. The Hall–Kier alpha value is -3.38. The molecule has 0 aliphatic rings. The summed E-state index contributed by atoms with van der Waals surface area (Å²) >= 11 is 6.04. The van der Waals surface area contributed by atoms with Crippen molar-refractivity contribution < 1.29 is 9.32 Å². The van der Waals surface area contributed by atoms with Crippen molar-refractivity contribution >= 4 is 17.5 Å². The van der Waals surface area contributed by atoms with Crippen molar-refractivity contribution in [1.29, 1.82) is 0 Å². The molecule has 6 nitrogen and oxygen atoms in total. The lowest BCUT2D eigenvalue weighted by molar-refractivity contribution is 0.0743. The molecule has 0 radical (unpaired) electrons. The summed E-state index contributed by atoms with van der Waals surface area (Å²) in [5, 5.41) is 9.22. The fraction of sp³-hybridized carbons (Fsp3) is 0.136. The summed E-state index contributed by atoms with van der Waals surface area (Å²) in [6.07, 6.45) is 1.94. The van der Waals surface area contributed by atoms with Crippen molar-refractivity contribution in [2.24, 2.45) is 0 Å². The highest BCUT2D eigenvalue weighted by atomic mass is 35.5. The first-order chi connectivity index (χ1) is 14.0. The minimum Gasteiger partial charge on any atom is -0.351 e. The lowest BCUT2D eigenvalue weighted by atomic mass is 10.1. The van der Waals surface area contributed by atoms with Gasteiger partial charge < -0.3 is 9.42 Å². The molecule has 2 aromatic heterocycles. The van der Waals surface area contributed by atoms with Crippen LogP contribution in [0, 0.1) is 6.92 Å². The lowest BCUT2D eigenvalue weighted by Crippen LogP contribution is -2.25. The number of amides is 1. The Labute approximate surface area is 173 Å². The number of aryl methyl sites for hydroxylation is 1. The molecule has 29 heavy (non-hydrogen) atoms. The van der Waals surface area contributed by atoms with Crippen LogP contribution < -0.4 is 0 Å². The van der Waals surface area contributed by atoms with Crippen LogP contribution in [-0.2, 0) is 6.54 Å². The van der Waals surface area contributed by atoms with E-state index in [2.05, 4.69) is 5.16 Å². The first-order valence-electron chi connectivity index (χ1n) is 9.10. The predicted molar refractivity (Wildman–Crippen MR) is 111 cm³/mol. The molecular formula is C22H19ClN4O2. The third-order valence-corrected chi connectivity index (χ3v) is 4.77. The van der Waals surface area contributed by atoms with Crippen LogP contribution in [0.25, 0.3) is 16.9 Å². The van der Waals surface area contributed by atoms with Crippen LogP contribution in [0.15, 0.2) is 71.4 Å². The van der Waals surface area contributed by atoms with Gasteiger partial charge in [0.1, 0.15) is 0 Å². The number of hydrogen-bond donors (Lipinski definition) is 0. The van der Waals surface area contributed by atoms with E-state index in [4.69, 9.17) is 21.2 Å². The van der Waals surface area contributed by atoms with E-state index in [1.165, 1.54) is 0 Å². The van der Waals surface area contributed by atoms with Gasteiger partial charge in [0, 0.05) is 42.0 Å². The summed E-state index contributed by atoms with van der Waals surface area (Å²) in [4.78, 5) is 14.3. The monoisotopic (exact) mass is 406 g/mol. The van der Waals surface area contributed by atoms with Gasteiger partial charge >= 0.3 is 0 Å². The smallest absolute Gasteiger partial charge is 0.292 e. The fourth-order valence-corrected chi connectivity index (χ4v) is 3.19. The van der Waals surface area contributed by atoms with Crippen LogP contribution in [-0.4, -0.2) is 32.8 Å². The Balaban J connectivity index is 1.69. The van der Waals surface area contributed by atoms with E-state index in [0.717, 1.165) is 22.5 Å². The second kappa shape index (κ2) is 7.93. The van der Waals surface area contributed by atoms with Crippen LogP contribution in [0.2, 0.25) is 5.02 Å². The predicted octanol–water partition coefficient (Wildman–Crippen LogP) is 4.76. The number of hydrogen-bond acceptors (Lipinski definition) is 4. The summed E-state index contributed by atoms with van der Waals surface area (Å²) in [5.41, 5.74) is 4.23. The van der Waals surface area contributed by atoms with Gasteiger partial charge in [0.2, 0.25) is 5.76 Å². The van der Waals surface area contributed by atoms with E-state index in [9.17, 15) is 4.79 Å². The van der Waals surface area contributed by atoms with Gasteiger partial charge in [-0.1, -0.05) is 47.1 Å². The zero-order chi connectivity index (χ0) is 20.4. The zero-order valence-corrected chi connectivity index (χ0v) is 16.8. The number of para-hydroxylation sites is 1. The molecule has 0 N–H and O–H groups in total. The minimum absolute atomic E-state index is 0.216. The Bertz CT molecular complexity index is 1130. The maximum atomic E-state index is 12.7. The van der Waals surface area contributed by atoms with E-state index in [0.29, 0.717) is 17.3 Å². The molecule has 0 spiro atoms. The topological polar surface area (TPSA) is 64.2 Å². The van der Waals surface area contributed by atoms with Crippen molar-refractivity contribution in [3.8, 4) is 16.9 Å². The average Bonchev–Trinajstić information content (AvgIpc) is 3.35.